The summed E-state index contributed by atoms with van der Waals surface area (Å²) < 4.78 is 7.58. The first-order chi connectivity index (χ1) is 16.5. The molecule has 0 fully saturated rings. The number of fused-ring (bicyclic) bond motifs is 3. The lowest BCUT2D eigenvalue weighted by Crippen LogP contribution is -2.24. The maximum Gasteiger partial charge on any atom is 0.272 e. The first-order valence-electron chi connectivity index (χ1n) is 10.4. The highest BCUT2D eigenvalue weighted by molar-refractivity contribution is 7.99. The SMILES string of the molecule is COc1ccc(C)cc1NC(=O)CSc1nc2c(sc3ncccc32)c(=O)n1Cc1cccs1. The van der Waals surface area contributed by atoms with Crippen LogP contribution >= 0.6 is 34.4 Å². The Morgan fingerprint density at radius 3 is 2.91 bits per heavy atom. The van der Waals surface area contributed by atoms with Crippen LogP contribution in [0.25, 0.3) is 20.4 Å². The molecular formula is C24H20N4O3S3. The van der Waals surface area contributed by atoms with Crippen molar-refractivity contribution >= 4 is 66.5 Å². The van der Waals surface area contributed by atoms with E-state index in [-0.39, 0.29) is 17.2 Å². The number of thiophene rings is 2. The van der Waals surface area contributed by atoms with E-state index in [1.165, 1.54) is 23.1 Å². The van der Waals surface area contributed by atoms with Gasteiger partial charge in [0.15, 0.2) is 5.16 Å². The zero-order chi connectivity index (χ0) is 23.7. The van der Waals surface area contributed by atoms with Gasteiger partial charge in [-0.25, -0.2) is 9.97 Å². The number of amides is 1. The molecular weight excluding hydrogens is 488 g/mol. The van der Waals surface area contributed by atoms with E-state index in [0.717, 1.165) is 20.7 Å². The standard InChI is InChI=1S/C24H20N4O3S3/c1-14-7-8-18(31-2)17(11-14)26-19(29)13-33-24-27-20-16-6-3-9-25-22(16)34-21(20)23(30)28(24)12-15-5-4-10-32-15/h3-11H,12-13H2,1-2H3,(H,26,29). The van der Waals surface area contributed by atoms with Gasteiger partial charge in [-0.1, -0.05) is 23.9 Å². The number of nitrogens with zero attached hydrogens (tertiary/aromatic N) is 3. The summed E-state index contributed by atoms with van der Waals surface area (Å²) in [5, 5.41) is 6.23. The fourth-order valence-electron chi connectivity index (χ4n) is 3.58. The minimum Gasteiger partial charge on any atom is -0.495 e. The van der Waals surface area contributed by atoms with Crippen LogP contribution in [0, 0.1) is 6.92 Å². The number of methoxy groups -OCH3 is 1. The molecule has 0 unspecified atom stereocenters. The number of pyridine rings is 1. The van der Waals surface area contributed by atoms with Crippen LogP contribution < -0.4 is 15.6 Å². The third-order valence-corrected chi connectivity index (χ3v) is 8.10. The predicted octanol–water partition coefficient (Wildman–Crippen LogP) is 5.16. The highest BCUT2D eigenvalue weighted by Crippen LogP contribution is 2.31. The molecule has 0 spiro atoms. The lowest BCUT2D eigenvalue weighted by molar-refractivity contribution is -0.113. The zero-order valence-corrected chi connectivity index (χ0v) is 20.9. The molecule has 0 aliphatic rings. The number of carbonyl (C=O) groups is 1. The molecule has 1 amide bonds. The Morgan fingerprint density at radius 2 is 2.12 bits per heavy atom. The molecule has 0 aliphatic heterocycles. The molecule has 0 bridgehead atoms. The average molecular weight is 509 g/mol. The van der Waals surface area contributed by atoms with E-state index in [2.05, 4.69) is 10.3 Å². The van der Waals surface area contributed by atoms with E-state index < -0.39 is 0 Å². The minimum absolute atomic E-state index is 0.0970. The average Bonchev–Trinajstić information content (AvgIpc) is 3.48. The molecule has 4 heterocycles. The van der Waals surface area contributed by atoms with Crippen molar-refractivity contribution in [3.63, 3.8) is 0 Å². The Labute approximate surface area is 207 Å². The highest BCUT2D eigenvalue weighted by atomic mass is 32.2. The van der Waals surface area contributed by atoms with Crippen LogP contribution in [0.5, 0.6) is 5.75 Å². The van der Waals surface area contributed by atoms with Gasteiger partial charge in [0.2, 0.25) is 5.91 Å². The van der Waals surface area contributed by atoms with Gasteiger partial charge in [0.05, 0.1) is 30.6 Å². The van der Waals surface area contributed by atoms with Crippen molar-refractivity contribution in [2.45, 2.75) is 18.6 Å². The van der Waals surface area contributed by atoms with Crippen LogP contribution in [0.2, 0.25) is 0 Å². The normalized spacial score (nSPS) is 11.2. The summed E-state index contributed by atoms with van der Waals surface area (Å²) in [7, 11) is 1.57. The minimum atomic E-state index is -0.206. The summed E-state index contributed by atoms with van der Waals surface area (Å²) >= 11 is 4.17. The lowest BCUT2D eigenvalue weighted by Gasteiger charge is -2.13. The third kappa shape index (κ3) is 4.44. The third-order valence-electron chi connectivity index (χ3n) is 5.17. The number of hydrogen-bond donors (Lipinski definition) is 1. The Hall–Kier alpha value is -3.21. The number of aryl methyl sites for hydroxylation is 1. The Bertz CT molecular complexity index is 1560. The van der Waals surface area contributed by atoms with E-state index in [0.29, 0.717) is 33.4 Å². The van der Waals surface area contributed by atoms with E-state index >= 15 is 0 Å². The van der Waals surface area contributed by atoms with Crippen molar-refractivity contribution in [2.75, 3.05) is 18.2 Å². The van der Waals surface area contributed by atoms with Gasteiger partial charge >= 0.3 is 0 Å². The number of carbonyl (C=O) groups excluding carboxylic acids is 1. The van der Waals surface area contributed by atoms with E-state index in [9.17, 15) is 9.59 Å². The molecule has 1 N–H and O–H groups in total. The van der Waals surface area contributed by atoms with Crippen molar-refractivity contribution in [3.8, 4) is 5.75 Å². The Morgan fingerprint density at radius 1 is 1.24 bits per heavy atom. The molecule has 34 heavy (non-hydrogen) atoms. The maximum absolute atomic E-state index is 13.5. The first kappa shape index (κ1) is 22.6. The fraction of sp³-hybridized carbons (Fsp3) is 0.167. The quantitative estimate of drug-likeness (QED) is 0.241. The Balaban J connectivity index is 1.49. The van der Waals surface area contributed by atoms with E-state index in [1.54, 1.807) is 29.2 Å². The predicted molar refractivity (Wildman–Crippen MR) is 140 cm³/mol. The monoisotopic (exact) mass is 508 g/mol. The van der Waals surface area contributed by atoms with Crippen LogP contribution in [0.15, 0.2) is 64.0 Å². The van der Waals surface area contributed by atoms with Crippen molar-refractivity contribution in [1.82, 2.24) is 14.5 Å². The molecule has 4 aromatic heterocycles. The number of ether oxygens (including phenoxy) is 1. The van der Waals surface area contributed by atoms with E-state index in [1.807, 2.05) is 54.8 Å². The van der Waals surface area contributed by atoms with Gasteiger partial charge in [-0.3, -0.25) is 14.2 Å². The van der Waals surface area contributed by atoms with Gasteiger partial charge in [-0.05, 0) is 48.2 Å². The number of benzene rings is 1. The van der Waals surface area contributed by atoms with Crippen molar-refractivity contribution < 1.29 is 9.53 Å². The molecule has 0 radical (unpaired) electrons. The molecule has 0 atom stereocenters. The molecule has 7 nitrogen and oxygen atoms in total. The Kier molecular flexibility index (Phi) is 6.36. The van der Waals surface area contributed by atoms with Crippen LogP contribution in [-0.2, 0) is 11.3 Å². The molecule has 0 saturated carbocycles. The largest absolute Gasteiger partial charge is 0.495 e. The van der Waals surface area contributed by atoms with Gasteiger partial charge in [0, 0.05) is 16.5 Å². The summed E-state index contributed by atoms with van der Waals surface area (Å²) in [6, 6.07) is 13.3. The molecule has 0 aliphatic carbocycles. The smallest absolute Gasteiger partial charge is 0.272 e. The van der Waals surface area contributed by atoms with Gasteiger partial charge < -0.3 is 10.1 Å². The second-order valence-electron chi connectivity index (χ2n) is 7.54. The summed E-state index contributed by atoms with van der Waals surface area (Å²) in [6.45, 7) is 2.35. The summed E-state index contributed by atoms with van der Waals surface area (Å²) in [4.78, 5) is 37.3. The van der Waals surface area contributed by atoms with Crippen molar-refractivity contribution in [1.29, 1.82) is 0 Å². The number of aromatic nitrogens is 3. The van der Waals surface area contributed by atoms with E-state index in [4.69, 9.17) is 9.72 Å². The topological polar surface area (TPSA) is 86.1 Å². The number of thioether (sulfide) groups is 1. The van der Waals surface area contributed by atoms with Gasteiger partial charge in [-0.15, -0.1) is 22.7 Å². The molecule has 5 aromatic rings. The van der Waals surface area contributed by atoms with Crippen LogP contribution in [0.3, 0.4) is 0 Å². The molecule has 172 valence electrons. The van der Waals surface area contributed by atoms with Crippen molar-refractivity contribution in [2.24, 2.45) is 0 Å². The van der Waals surface area contributed by atoms with Crippen LogP contribution in [0.1, 0.15) is 10.4 Å². The van der Waals surface area contributed by atoms with Gasteiger partial charge in [0.1, 0.15) is 15.3 Å². The van der Waals surface area contributed by atoms with Gasteiger partial charge in [0.25, 0.3) is 5.56 Å². The number of nitrogens with one attached hydrogen (secondary N) is 1. The number of hydrogen-bond acceptors (Lipinski definition) is 8. The second-order valence-corrected chi connectivity index (χ2v) is 10.5. The summed E-state index contributed by atoms with van der Waals surface area (Å²) in [6.07, 6.45) is 1.71. The number of rotatable bonds is 7. The summed E-state index contributed by atoms with van der Waals surface area (Å²) in [5.74, 6) is 0.484. The number of anilines is 1. The molecule has 5 rings (SSSR count). The molecule has 0 saturated heterocycles. The van der Waals surface area contributed by atoms with Gasteiger partial charge in [-0.2, -0.15) is 0 Å². The zero-order valence-electron chi connectivity index (χ0n) is 18.4. The summed E-state index contributed by atoms with van der Waals surface area (Å²) in [5.41, 5.74) is 2.13. The van der Waals surface area contributed by atoms with Crippen molar-refractivity contribution in [3.05, 3.63) is 74.8 Å². The second kappa shape index (κ2) is 9.57. The molecule has 1 aromatic carbocycles. The first-order valence-corrected chi connectivity index (χ1v) is 13.1. The molecule has 10 heteroatoms. The van der Waals surface area contributed by atoms with Crippen LogP contribution in [-0.4, -0.2) is 33.3 Å². The highest BCUT2D eigenvalue weighted by Gasteiger charge is 2.18. The lowest BCUT2D eigenvalue weighted by atomic mass is 10.2. The maximum atomic E-state index is 13.5. The van der Waals surface area contributed by atoms with Crippen LogP contribution in [0.4, 0.5) is 5.69 Å². The fourth-order valence-corrected chi connectivity index (χ4v) is 6.10.